The minimum Gasteiger partial charge on any atom is -0.497 e. The Hall–Kier alpha value is -3.03. The van der Waals surface area contributed by atoms with E-state index in [1.807, 2.05) is 24.3 Å². The smallest absolute Gasteiger partial charge is 0.317 e. The van der Waals surface area contributed by atoms with Crippen molar-refractivity contribution in [1.82, 2.24) is 25.7 Å². The zero-order chi connectivity index (χ0) is 16.9. The lowest BCUT2D eigenvalue weighted by Crippen LogP contribution is -2.36. The van der Waals surface area contributed by atoms with Gasteiger partial charge < -0.3 is 20.3 Å². The number of ether oxygens (including phenoxy) is 1. The van der Waals surface area contributed by atoms with Crippen molar-refractivity contribution in [2.45, 2.75) is 0 Å². The molecule has 1 aromatic heterocycles. The quantitative estimate of drug-likeness (QED) is 0.731. The summed E-state index contributed by atoms with van der Waals surface area (Å²) in [6.07, 6.45) is 0. The predicted octanol–water partition coefficient (Wildman–Crippen LogP) is 0.840. The van der Waals surface area contributed by atoms with Gasteiger partial charge in [-0.25, -0.2) is 4.79 Å². The van der Waals surface area contributed by atoms with Crippen LogP contribution in [0.2, 0.25) is 0 Å². The highest BCUT2D eigenvalue weighted by Crippen LogP contribution is 2.22. The number of hydrogen-bond acceptors (Lipinski definition) is 4. The Morgan fingerprint density at radius 3 is 3.04 bits per heavy atom. The first-order chi connectivity index (χ1) is 11.7. The number of carbonyl (C=O) groups excluding carboxylic acids is 2. The molecule has 24 heavy (non-hydrogen) atoms. The predicted molar refractivity (Wildman–Crippen MR) is 87.9 cm³/mol. The number of methoxy groups -OCH3 is 1. The number of urea groups is 1. The van der Waals surface area contributed by atoms with E-state index in [0.29, 0.717) is 37.6 Å². The van der Waals surface area contributed by atoms with Crippen molar-refractivity contribution in [3.8, 4) is 17.0 Å². The van der Waals surface area contributed by atoms with Gasteiger partial charge in [0.1, 0.15) is 11.4 Å². The molecule has 2 heterocycles. The van der Waals surface area contributed by atoms with Crippen molar-refractivity contribution < 1.29 is 14.3 Å². The molecule has 2 aromatic rings. The van der Waals surface area contributed by atoms with E-state index >= 15 is 0 Å². The monoisotopic (exact) mass is 329 g/mol. The van der Waals surface area contributed by atoms with Crippen molar-refractivity contribution in [1.29, 1.82) is 0 Å². The lowest BCUT2D eigenvalue weighted by atomic mass is 10.1. The van der Waals surface area contributed by atoms with Gasteiger partial charge in [-0.2, -0.15) is 5.10 Å². The standard InChI is InChI=1S/C16H19N5O3/c1-24-12-4-2-3-11(9-12)13-10-14(20-19-13)15(22)17-5-7-21-8-6-18-16(21)23/h2-4,9-10H,5-8H2,1H3,(H,17,22)(H,18,23)(H,19,20). The molecular weight excluding hydrogens is 310 g/mol. The molecule has 1 saturated heterocycles. The summed E-state index contributed by atoms with van der Waals surface area (Å²) >= 11 is 0. The molecule has 0 aliphatic carbocycles. The fourth-order valence-corrected chi connectivity index (χ4v) is 2.49. The second-order valence-corrected chi connectivity index (χ2v) is 5.37. The Labute approximate surface area is 139 Å². The van der Waals surface area contributed by atoms with Crippen LogP contribution in [0.4, 0.5) is 4.79 Å². The number of hydrogen-bond donors (Lipinski definition) is 3. The van der Waals surface area contributed by atoms with Crippen LogP contribution in [0.3, 0.4) is 0 Å². The second-order valence-electron chi connectivity index (χ2n) is 5.37. The van der Waals surface area contributed by atoms with Crippen LogP contribution in [-0.4, -0.2) is 60.3 Å². The number of aromatic amines is 1. The van der Waals surface area contributed by atoms with E-state index < -0.39 is 0 Å². The van der Waals surface area contributed by atoms with Crippen LogP contribution in [0.5, 0.6) is 5.75 Å². The molecule has 0 saturated carbocycles. The van der Waals surface area contributed by atoms with Gasteiger partial charge in [0.15, 0.2) is 0 Å². The number of aromatic nitrogens is 2. The minimum absolute atomic E-state index is 0.0916. The van der Waals surface area contributed by atoms with Crippen molar-refractivity contribution in [3.63, 3.8) is 0 Å². The van der Waals surface area contributed by atoms with E-state index in [1.54, 1.807) is 18.1 Å². The highest BCUT2D eigenvalue weighted by molar-refractivity contribution is 5.93. The van der Waals surface area contributed by atoms with Gasteiger partial charge in [0.25, 0.3) is 5.91 Å². The third-order valence-electron chi connectivity index (χ3n) is 3.80. The normalized spacial score (nSPS) is 13.7. The molecule has 3 rings (SSSR count). The minimum atomic E-state index is -0.253. The number of nitrogens with zero attached hydrogens (tertiary/aromatic N) is 2. The largest absolute Gasteiger partial charge is 0.497 e. The SMILES string of the molecule is COc1cccc(-c2cc(C(=O)NCCN3CCNC3=O)[nH]n2)c1. The summed E-state index contributed by atoms with van der Waals surface area (Å²) in [5.41, 5.74) is 1.90. The first-order valence-electron chi connectivity index (χ1n) is 7.68. The van der Waals surface area contributed by atoms with Crippen molar-refractivity contribution in [3.05, 3.63) is 36.0 Å². The van der Waals surface area contributed by atoms with Crippen molar-refractivity contribution >= 4 is 11.9 Å². The van der Waals surface area contributed by atoms with Gasteiger partial charge in [-0.15, -0.1) is 0 Å². The van der Waals surface area contributed by atoms with E-state index in [0.717, 1.165) is 11.3 Å². The van der Waals surface area contributed by atoms with Crippen molar-refractivity contribution in [2.24, 2.45) is 0 Å². The molecule has 126 valence electrons. The number of benzene rings is 1. The summed E-state index contributed by atoms with van der Waals surface area (Å²) < 4.78 is 5.19. The van der Waals surface area contributed by atoms with E-state index in [-0.39, 0.29) is 11.9 Å². The van der Waals surface area contributed by atoms with Crippen LogP contribution in [0, 0.1) is 0 Å². The third-order valence-corrected chi connectivity index (χ3v) is 3.80. The van der Waals surface area contributed by atoms with Gasteiger partial charge >= 0.3 is 6.03 Å². The zero-order valence-corrected chi connectivity index (χ0v) is 13.3. The molecule has 1 aromatic carbocycles. The number of amides is 3. The summed E-state index contributed by atoms with van der Waals surface area (Å²) in [7, 11) is 1.60. The lowest BCUT2D eigenvalue weighted by Gasteiger charge is -2.13. The van der Waals surface area contributed by atoms with Crippen LogP contribution in [-0.2, 0) is 0 Å². The summed E-state index contributed by atoms with van der Waals surface area (Å²) in [5, 5.41) is 12.4. The third kappa shape index (κ3) is 3.48. The first-order valence-corrected chi connectivity index (χ1v) is 7.68. The molecule has 8 nitrogen and oxygen atoms in total. The number of rotatable bonds is 6. The Morgan fingerprint density at radius 1 is 1.42 bits per heavy atom. The number of carbonyl (C=O) groups is 2. The lowest BCUT2D eigenvalue weighted by molar-refractivity contribution is 0.0945. The molecule has 0 radical (unpaired) electrons. The maximum absolute atomic E-state index is 12.1. The van der Waals surface area contributed by atoms with Crippen LogP contribution in [0.25, 0.3) is 11.3 Å². The maximum Gasteiger partial charge on any atom is 0.317 e. The Kier molecular flexibility index (Phi) is 4.64. The number of nitrogens with one attached hydrogen (secondary N) is 3. The molecule has 3 amide bonds. The van der Waals surface area contributed by atoms with Crippen molar-refractivity contribution in [2.75, 3.05) is 33.3 Å². The molecule has 1 aliphatic heterocycles. The first kappa shape index (κ1) is 15.9. The van der Waals surface area contributed by atoms with Gasteiger partial charge in [-0.1, -0.05) is 12.1 Å². The summed E-state index contributed by atoms with van der Waals surface area (Å²) in [6, 6.07) is 9.05. The molecule has 0 atom stereocenters. The zero-order valence-electron chi connectivity index (χ0n) is 13.3. The molecule has 0 unspecified atom stereocenters. The molecule has 1 aliphatic rings. The topological polar surface area (TPSA) is 99.4 Å². The molecular formula is C16H19N5O3. The summed E-state index contributed by atoms with van der Waals surface area (Å²) in [5.74, 6) is 0.474. The Bertz CT molecular complexity index is 743. The van der Waals surface area contributed by atoms with E-state index in [2.05, 4.69) is 20.8 Å². The molecule has 0 spiro atoms. The van der Waals surface area contributed by atoms with E-state index in [1.165, 1.54) is 0 Å². The van der Waals surface area contributed by atoms with Crippen LogP contribution in [0.15, 0.2) is 30.3 Å². The fraction of sp³-hybridized carbons (Fsp3) is 0.312. The average Bonchev–Trinajstić information content (AvgIpc) is 3.24. The van der Waals surface area contributed by atoms with Gasteiger partial charge in [0.05, 0.1) is 12.8 Å². The molecule has 3 N–H and O–H groups in total. The van der Waals surface area contributed by atoms with Crippen LogP contribution < -0.4 is 15.4 Å². The highest BCUT2D eigenvalue weighted by Gasteiger charge is 2.19. The average molecular weight is 329 g/mol. The maximum atomic E-state index is 12.1. The second kappa shape index (κ2) is 7.03. The fourth-order valence-electron chi connectivity index (χ4n) is 2.49. The number of H-pyrrole nitrogens is 1. The van der Waals surface area contributed by atoms with Gasteiger partial charge in [-0.3, -0.25) is 9.89 Å². The Morgan fingerprint density at radius 2 is 2.29 bits per heavy atom. The molecule has 8 heteroatoms. The van der Waals surface area contributed by atoms with E-state index in [9.17, 15) is 9.59 Å². The van der Waals surface area contributed by atoms with Crippen LogP contribution in [0.1, 0.15) is 10.5 Å². The van der Waals surface area contributed by atoms with Crippen LogP contribution >= 0.6 is 0 Å². The van der Waals surface area contributed by atoms with E-state index in [4.69, 9.17) is 4.74 Å². The van der Waals surface area contributed by atoms with Gasteiger partial charge in [-0.05, 0) is 18.2 Å². The molecule has 0 bridgehead atoms. The molecule has 1 fully saturated rings. The van der Waals surface area contributed by atoms with Gasteiger partial charge in [0, 0.05) is 31.7 Å². The highest BCUT2D eigenvalue weighted by atomic mass is 16.5. The summed E-state index contributed by atoms with van der Waals surface area (Å²) in [4.78, 5) is 25.2. The Balaban J connectivity index is 1.58. The summed E-state index contributed by atoms with van der Waals surface area (Å²) in [6.45, 7) is 2.18. The van der Waals surface area contributed by atoms with Gasteiger partial charge in [0.2, 0.25) is 0 Å².